The van der Waals surface area contributed by atoms with Gasteiger partial charge in [-0.25, -0.2) is 0 Å². The molecule has 0 spiro atoms. The molecule has 3 rings (SSSR count). The van der Waals surface area contributed by atoms with E-state index < -0.39 is 4.92 Å². The maximum Gasteiger partial charge on any atom is 0.274 e. The van der Waals surface area contributed by atoms with Gasteiger partial charge in [-0.1, -0.05) is 25.1 Å². The zero-order valence-corrected chi connectivity index (χ0v) is 15.8. The van der Waals surface area contributed by atoms with Crippen LogP contribution in [0.15, 0.2) is 42.5 Å². The van der Waals surface area contributed by atoms with Crippen molar-refractivity contribution in [3.8, 4) is 0 Å². The van der Waals surface area contributed by atoms with Crippen LogP contribution in [0, 0.1) is 23.0 Å². The van der Waals surface area contributed by atoms with Crippen LogP contribution in [0.2, 0.25) is 0 Å². The molecule has 1 amide bonds. The Morgan fingerprint density at radius 2 is 1.85 bits per heavy atom. The third-order valence-electron chi connectivity index (χ3n) is 5.25. The average Bonchev–Trinajstić information content (AvgIpc) is 2.65. The van der Waals surface area contributed by atoms with Crippen molar-refractivity contribution in [1.29, 1.82) is 0 Å². The van der Waals surface area contributed by atoms with Gasteiger partial charge in [0.2, 0.25) is 0 Å². The molecule has 1 heterocycles. The molecule has 0 atom stereocenters. The van der Waals surface area contributed by atoms with Crippen LogP contribution < -0.4 is 5.32 Å². The summed E-state index contributed by atoms with van der Waals surface area (Å²) in [6.07, 6.45) is 2.48. The van der Waals surface area contributed by atoms with Gasteiger partial charge < -0.3 is 5.32 Å². The highest BCUT2D eigenvalue weighted by atomic mass is 16.6. The molecule has 1 saturated heterocycles. The van der Waals surface area contributed by atoms with E-state index in [2.05, 4.69) is 17.1 Å². The number of nitrogens with zero attached hydrogens (tertiary/aromatic N) is 2. The highest BCUT2D eigenvalue weighted by Crippen LogP contribution is 2.25. The zero-order chi connectivity index (χ0) is 19.4. The normalized spacial score (nSPS) is 15.5. The Balaban J connectivity index is 1.64. The summed E-state index contributed by atoms with van der Waals surface area (Å²) < 4.78 is 0. The molecule has 2 aromatic carbocycles. The molecular formula is C21H25N3O3. The minimum absolute atomic E-state index is 0.000928. The van der Waals surface area contributed by atoms with Crippen molar-refractivity contribution in [3.05, 3.63) is 69.3 Å². The largest absolute Gasteiger partial charge is 0.321 e. The van der Waals surface area contributed by atoms with Gasteiger partial charge in [-0.2, -0.15) is 0 Å². The summed E-state index contributed by atoms with van der Waals surface area (Å²) in [6.45, 7) is 7.08. The van der Waals surface area contributed by atoms with E-state index in [-0.39, 0.29) is 11.6 Å². The molecule has 0 aliphatic carbocycles. The van der Waals surface area contributed by atoms with Crippen LogP contribution in [0.4, 0.5) is 11.4 Å². The van der Waals surface area contributed by atoms with E-state index in [1.54, 1.807) is 19.1 Å². The molecule has 6 heteroatoms. The quantitative estimate of drug-likeness (QED) is 0.628. The van der Waals surface area contributed by atoms with Gasteiger partial charge in [-0.3, -0.25) is 19.8 Å². The van der Waals surface area contributed by atoms with E-state index in [1.807, 2.05) is 24.3 Å². The van der Waals surface area contributed by atoms with Crippen LogP contribution in [-0.2, 0) is 6.54 Å². The van der Waals surface area contributed by atoms with Gasteiger partial charge >= 0.3 is 0 Å². The summed E-state index contributed by atoms with van der Waals surface area (Å²) in [6, 6.07) is 12.3. The number of likely N-dealkylation sites (tertiary alicyclic amines) is 1. The van der Waals surface area contributed by atoms with Crippen molar-refractivity contribution in [2.75, 3.05) is 18.4 Å². The fourth-order valence-electron chi connectivity index (χ4n) is 3.39. The fourth-order valence-corrected chi connectivity index (χ4v) is 3.39. The van der Waals surface area contributed by atoms with Crippen molar-refractivity contribution < 1.29 is 9.72 Å². The Morgan fingerprint density at radius 3 is 2.48 bits per heavy atom. The Hall–Kier alpha value is -2.73. The molecule has 27 heavy (non-hydrogen) atoms. The molecular weight excluding hydrogens is 342 g/mol. The molecule has 6 nitrogen and oxygen atoms in total. The van der Waals surface area contributed by atoms with E-state index in [0.29, 0.717) is 16.8 Å². The molecule has 1 fully saturated rings. The first-order chi connectivity index (χ1) is 12.9. The molecule has 2 aromatic rings. The van der Waals surface area contributed by atoms with Crippen LogP contribution in [0.1, 0.15) is 41.3 Å². The van der Waals surface area contributed by atoms with Gasteiger partial charge in [0.1, 0.15) is 0 Å². The van der Waals surface area contributed by atoms with Crippen molar-refractivity contribution in [3.63, 3.8) is 0 Å². The number of benzene rings is 2. The second-order valence-electron chi connectivity index (χ2n) is 7.32. The lowest BCUT2D eigenvalue weighted by Crippen LogP contribution is -2.32. The number of amides is 1. The predicted molar refractivity (Wildman–Crippen MR) is 106 cm³/mol. The summed E-state index contributed by atoms with van der Waals surface area (Å²) >= 11 is 0. The number of carbonyl (C=O) groups is 1. The number of nitro benzene ring substituents is 1. The SMILES string of the molecule is Cc1c(NC(=O)c2ccc(CN3CCC(C)CC3)cc2)cccc1[N+](=O)[O-]. The first kappa shape index (κ1) is 19.0. The van der Waals surface area contributed by atoms with Gasteiger partial charge in [0.25, 0.3) is 11.6 Å². The van der Waals surface area contributed by atoms with E-state index in [0.717, 1.165) is 25.6 Å². The van der Waals surface area contributed by atoms with E-state index >= 15 is 0 Å². The number of anilines is 1. The second kappa shape index (κ2) is 8.31. The minimum atomic E-state index is -0.443. The number of hydrogen-bond donors (Lipinski definition) is 1. The van der Waals surface area contributed by atoms with E-state index in [9.17, 15) is 14.9 Å². The van der Waals surface area contributed by atoms with Crippen molar-refractivity contribution in [2.45, 2.75) is 33.2 Å². The van der Waals surface area contributed by atoms with Crippen molar-refractivity contribution in [2.24, 2.45) is 5.92 Å². The summed E-state index contributed by atoms with van der Waals surface area (Å²) in [5, 5.41) is 13.8. The smallest absolute Gasteiger partial charge is 0.274 e. The summed E-state index contributed by atoms with van der Waals surface area (Å²) in [4.78, 5) is 25.5. The maximum absolute atomic E-state index is 12.5. The lowest BCUT2D eigenvalue weighted by Gasteiger charge is -2.30. The summed E-state index contributed by atoms with van der Waals surface area (Å²) in [5.74, 6) is 0.543. The zero-order valence-electron chi connectivity index (χ0n) is 15.8. The molecule has 0 radical (unpaired) electrons. The summed E-state index contributed by atoms with van der Waals surface area (Å²) in [7, 11) is 0. The number of hydrogen-bond acceptors (Lipinski definition) is 4. The molecule has 1 N–H and O–H groups in total. The standard InChI is InChI=1S/C21H25N3O3/c1-15-10-12-23(13-11-15)14-17-6-8-18(9-7-17)21(25)22-19-4-3-5-20(16(19)2)24(26)27/h3-9,15H,10-14H2,1-2H3,(H,22,25). The van der Waals surface area contributed by atoms with Crippen molar-refractivity contribution in [1.82, 2.24) is 4.90 Å². The molecule has 142 valence electrons. The molecule has 0 unspecified atom stereocenters. The number of carbonyl (C=O) groups excluding carboxylic acids is 1. The molecule has 0 saturated carbocycles. The predicted octanol–water partition coefficient (Wildman–Crippen LogP) is 4.39. The lowest BCUT2D eigenvalue weighted by molar-refractivity contribution is -0.385. The van der Waals surface area contributed by atoms with Gasteiger partial charge in [0.05, 0.1) is 16.2 Å². The molecule has 0 bridgehead atoms. The number of nitrogens with one attached hydrogen (secondary N) is 1. The van der Waals surface area contributed by atoms with E-state index in [1.165, 1.54) is 24.5 Å². The molecule has 0 aromatic heterocycles. The van der Waals surface area contributed by atoms with Crippen LogP contribution in [0.3, 0.4) is 0 Å². The Morgan fingerprint density at radius 1 is 1.19 bits per heavy atom. The minimum Gasteiger partial charge on any atom is -0.321 e. The van der Waals surface area contributed by atoms with Gasteiger partial charge in [-0.05, 0) is 62.5 Å². The third kappa shape index (κ3) is 4.71. The van der Waals surface area contributed by atoms with Crippen LogP contribution in [0.5, 0.6) is 0 Å². The molecule has 1 aliphatic heterocycles. The highest BCUT2D eigenvalue weighted by Gasteiger charge is 2.17. The first-order valence-corrected chi connectivity index (χ1v) is 9.30. The van der Waals surface area contributed by atoms with Crippen LogP contribution in [-0.4, -0.2) is 28.8 Å². The van der Waals surface area contributed by atoms with Gasteiger partial charge in [0.15, 0.2) is 0 Å². The maximum atomic E-state index is 12.5. The molecule has 1 aliphatic rings. The number of nitro groups is 1. The van der Waals surface area contributed by atoms with Gasteiger partial charge in [0, 0.05) is 18.2 Å². The van der Waals surface area contributed by atoms with Crippen LogP contribution >= 0.6 is 0 Å². The second-order valence-corrected chi connectivity index (χ2v) is 7.32. The fraction of sp³-hybridized carbons (Fsp3) is 0.381. The third-order valence-corrected chi connectivity index (χ3v) is 5.25. The van der Waals surface area contributed by atoms with Crippen molar-refractivity contribution >= 4 is 17.3 Å². The monoisotopic (exact) mass is 367 g/mol. The van der Waals surface area contributed by atoms with Gasteiger partial charge in [-0.15, -0.1) is 0 Å². The highest BCUT2D eigenvalue weighted by molar-refractivity contribution is 6.04. The number of rotatable bonds is 5. The Kier molecular flexibility index (Phi) is 5.86. The topological polar surface area (TPSA) is 75.5 Å². The van der Waals surface area contributed by atoms with E-state index in [4.69, 9.17) is 0 Å². The Labute approximate surface area is 159 Å². The average molecular weight is 367 g/mol. The first-order valence-electron chi connectivity index (χ1n) is 9.30. The lowest BCUT2D eigenvalue weighted by atomic mass is 9.99. The summed E-state index contributed by atoms with van der Waals surface area (Å²) in [5.41, 5.74) is 2.64. The Bertz CT molecular complexity index is 825. The van der Waals surface area contributed by atoms with Crippen LogP contribution in [0.25, 0.3) is 0 Å². The number of piperidine rings is 1.